The molecule has 78 valence electrons. The van der Waals surface area contributed by atoms with E-state index in [9.17, 15) is 0 Å². The average molecular weight is 241 g/mol. The maximum Gasteiger partial charge on any atom is 0.151 e. The van der Waals surface area contributed by atoms with Gasteiger partial charge in [-0.05, 0) is 12.1 Å². The van der Waals surface area contributed by atoms with Crippen molar-refractivity contribution in [2.75, 3.05) is 11.9 Å². The second-order valence-corrected chi connectivity index (χ2v) is 4.36. The van der Waals surface area contributed by atoms with Crippen molar-refractivity contribution in [1.82, 2.24) is 15.2 Å². The summed E-state index contributed by atoms with van der Waals surface area (Å²) in [5.74, 6) is 0.787. The molecule has 0 radical (unpaired) electrons. The number of anilines is 1. The third-order valence-corrected chi connectivity index (χ3v) is 2.83. The van der Waals surface area contributed by atoms with Crippen LogP contribution < -0.4 is 4.90 Å². The molecule has 4 nitrogen and oxygen atoms in total. The van der Waals surface area contributed by atoms with Crippen molar-refractivity contribution in [1.29, 1.82) is 0 Å². The molecule has 0 spiro atoms. The molecule has 0 aromatic carbocycles. The molecular formula is C9H9ClN4S. The van der Waals surface area contributed by atoms with Crippen LogP contribution in [0.1, 0.15) is 5.01 Å². The largest absolute Gasteiger partial charge is 0.351 e. The maximum atomic E-state index is 5.66. The highest BCUT2D eigenvalue weighted by Gasteiger charge is 2.05. The van der Waals surface area contributed by atoms with E-state index >= 15 is 0 Å². The first kappa shape index (κ1) is 10.3. The van der Waals surface area contributed by atoms with Crippen LogP contribution in [0, 0.1) is 0 Å². The first-order valence-corrected chi connectivity index (χ1v) is 5.60. The number of nitrogens with zero attached hydrogens (tertiary/aromatic N) is 4. The Morgan fingerprint density at radius 3 is 2.87 bits per heavy atom. The summed E-state index contributed by atoms with van der Waals surface area (Å²) in [5, 5.41) is 11.2. The number of thiazole rings is 1. The SMILES string of the molecule is CN(Cc1nccs1)c1ccc(Cl)nn1. The lowest BCUT2D eigenvalue weighted by Crippen LogP contribution is -2.17. The molecular weight excluding hydrogens is 232 g/mol. The Balaban J connectivity index is 2.08. The fourth-order valence-electron chi connectivity index (χ4n) is 1.13. The van der Waals surface area contributed by atoms with E-state index in [0.29, 0.717) is 5.15 Å². The van der Waals surface area contributed by atoms with Gasteiger partial charge >= 0.3 is 0 Å². The van der Waals surface area contributed by atoms with Crippen LogP contribution in [0.2, 0.25) is 5.15 Å². The fraction of sp³-hybridized carbons (Fsp3) is 0.222. The molecule has 0 fully saturated rings. The summed E-state index contributed by atoms with van der Waals surface area (Å²) >= 11 is 7.28. The summed E-state index contributed by atoms with van der Waals surface area (Å²) in [6.07, 6.45) is 1.79. The molecule has 0 aliphatic carbocycles. The molecule has 0 amide bonds. The zero-order valence-electron chi connectivity index (χ0n) is 8.09. The van der Waals surface area contributed by atoms with E-state index in [2.05, 4.69) is 15.2 Å². The molecule has 0 aliphatic heterocycles. The molecule has 6 heteroatoms. The Morgan fingerprint density at radius 1 is 1.40 bits per heavy atom. The molecule has 0 N–H and O–H groups in total. The standard InChI is InChI=1S/C9H9ClN4S/c1-14(6-9-11-4-5-15-9)8-3-2-7(10)12-13-8/h2-5H,6H2,1H3. The van der Waals surface area contributed by atoms with E-state index in [1.807, 2.05) is 23.4 Å². The van der Waals surface area contributed by atoms with Gasteiger partial charge < -0.3 is 4.90 Å². The van der Waals surface area contributed by atoms with E-state index in [1.54, 1.807) is 23.6 Å². The lowest BCUT2D eigenvalue weighted by molar-refractivity contribution is 0.859. The average Bonchev–Trinajstić information content (AvgIpc) is 2.71. The Kier molecular flexibility index (Phi) is 3.13. The molecule has 0 saturated heterocycles. The summed E-state index contributed by atoms with van der Waals surface area (Å²) in [4.78, 5) is 6.18. The van der Waals surface area contributed by atoms with Crippen molar-refractivity contribution < 1.29 is 0 Å². The Bertz CT molecular complexity index is 414. The van der Waals surface area contributed by atoms with Gasteiger partial charge in [0.2, 0.25) is 0 Å². The van der Waals surface area contributed by atoms with Crippen LogP contribution in [0.4, 0.5) is 5.82 Å². The van der Waals surface area contributed by atoms with E-state index in [4.69, 9.17) is 11.6 Å². The summed E-state index contributed by atoms with van der Waals surface area (Å²) < 4.78 is 0. The monoisotopic (exact) mass is 240 g/mol. The van der Waals surface area contributed by atoms with Gasteiger partial charge in [-0.3, -0.25) is 0 Å². The minimum atomic E-state index is 0.404. The number of halogens is 1. The lowest BCUT2D eigenvalue weighted by Gasteiger charge is -2.15. The predicted octanol–water partition coefficient (Wildman–Crippen LogP) is 2.22. The second kappa shape index (κ2) is 4.55. The van der Waals surface area contributed by atoms with Crippen LogP contribution in [0.3, 0.4) is 0 Å². The van der Waals surface area contributed by atoms with Crippen LogP contribution in [0.15, 0.2) is 23.7 Å². The van der Waals surface area contributed by atoms with E-state index < -0.39 is 0 Å². The van der Waals surface area contributed by atoms with Gasteiger partial charge in [0.05, 0.1) is 6.54 Å². The first-order valence-electron chi connectivity index (χ1n) is 4.34. The molecule has 0 atom stereocenters. The minimum Gasteiger partial charge on any atom is -0.351 e. The van der Waals surface area contributed by atoms with Crippen LogP contribution in [0.5, 0.6) is 0 Å². The molecule has 2 aromatic rings. The summed E-state index contributed by atoms with van der Waals surface area (Å²) in [5.41, 5.74) is 0. The third kappa shape index (κ3) is 2.64. The number of hydrogen-bond acceptors (Lipinski definition) is 5. The van der Waals surface area contributed by atoms with Gasteiger partial charge in [-0.1, -0.05) is 11.6 Å². The lowest BCUT2D eigenvalue weighted by atomic mass is 10.5. The number of aromatic nitrogens is 3. The Labute approximate surface area is 96.5 Å². The Hall–Kier alpha value is -1.20. The third-order valence-electron chi connectivity index (χ3n) is 1.86. The molecule has 0 bridgehead atoms. The topological polar surface area (TPSA) is 41.9 Å². The number of rotatable bonds is 3. The molecule has 15 heavy (non-hydrogen) atoms. The normalized spacial score (nSPS) is 10.3. The minimum absolute atomic E-state index is 0.404. The van der Waals surface area contributed by atoms with Gasteiger partial charge in [-0.15, -0.1) is 21.5 Å². The van der Waals surface area contributed by atoms with Crippen LogP contribution in [-0.2, 0) is 6.54 Å². The summed E-state index contributed by atoms with van der Waals surface area (Å²) in [6.45, 7) is 0.730. The van der Waals surface area contributed by atoms with Gasteiger partial charge in [0.15, 0.2) is 11.0 Å². The molecule has 0 saturated carbocycles. The predicted molar refractivity (Wildman–Crippen MR) is 61.3 cm³/mol. The number of hydrogen-bond donors (Lipinski definition) is 0. The Morgan fingerprint density at radius 2 is 2.27 bits per heavy atom. The fourth-order valence-corrected chi connectivity index (χ4v) is 1.90. The summed E-state index contributed by atoms with van der Waals surface area (Å²) in [6, 6.07) is 3.56. The molecule has 0 unspecified atom stereocenters. The van der Waals surface area contributed by atoms with Crippen molar-refractivity contribution in [3.8, 4) is 0 Å². The van der Waals surface area contributed by atoms with Crippen molar-refractivity contribution >= 4 is 28.8 Å². The maximum absolute atomic E-state index is 5.66. The van der Waals surface area contributed by atoms with Crippen LogP contribution in [-0.4, -0.2) is 22.2 Å². The molecule has 2 heterocycles. The zero-order valence-corrected chi connectivity index (χ0v) is 9.66. The van der Waals surface area contributed by atoms with Crippen molar-refractivity contribution in [3.63, 3.8) is 0 Å². The smallest absolute Gasteiger partial charge is 0.151 e. The van der Waals surface area contributed by atoms with Gasteiger partial charge in [0, 0.05) is 18.6 Å². The quantitative estimate of drug-likeness (QED) is 0.825. The van der Waals surface area contributed by atoms with Crippen LogP contribution in [0.25, 0.3) is 0 Å². The van der Waals surface area contributed by atoms with E-state index in [0.717, 1.165) is 17.4 Å². The van der Waals surface area contributed by atoms with Gasteiger partial charge in [0.1, 0.15) is 5.01 Å². The van der Waals surface area contributed by atoms with E-state index in [1.165, 1.54) is 0 Å². The van der Waals surface area contributed by atoms with Gasteiger partial charge in [-0.2, -0.15) is 0 Å². The molecule has 2 aromatic heterocycles. The molecule has 0 aliphatic rings. The highest BCUT2D eigenvalue weighted by molar-refractivity contribution is 7.09. The van der Waals surface area contributed by atoms with Gasteiger partial charge in [0.25, 0.3) is 0 Å². The van der Waals surface area contributed by atoms with Crippen molar-refractivity contribution in [2.45, 2.75) is 6.54 Å². The van der Waals surface area contributed by atoms with Crippen molar-refractivity contribution in [2.24, 2.45) is 0 Å². The van der Waals surface area contributed by atoms with Crippen molar-refractivity contribution in [3.05, 3.63) is 33.9 Å². The summed E-state index contributed by atoms with van der Waals surface area (Å²) in [7, 11) is 1.94. The highest BCUT2D eigenvalue weighted by Crippen LogP contribution is 2.14. The zero-order chi connectivity index (χ0) is 10.7. The van der Waals surface area contributed by atoms with E-state index in [-0.39, 0.29) is 0 Å². The van der Waals surface area contributed by atoms with Gasteiger partial charge in [-0.25, -0.2) is 4.98 Å². The van der Waals surface area contributed by atoms with Crippen LogP contribution >= 0.6 is 22.9 Å². The highest BCUT2D eigenvalue weighted by atomic mass is 35.5. The second-order valence-electron chi connectivity index (χ2n) is 3.00. The first-order chi connectivity index (χ1) is 7.25. The molecule has 2 rings (SSSR count).